The molecule has 9 atom stereocenters. The summed E-state index contributed by atoms with van der Waals surface area (Å²) in [6.45, 7) is 20.7. The van der Waals surface area contributed by atoms with E-state index in [0.29, 0.717) is 32.9 Å². The normalized spacial score (nSPS) is 58.5. The molecule has 0 bridgehead atoms. The van der Waals surface area contributed by atoms with Gasteiger partial charge in [-0.25, -0.2) is 0 Å². The van der Waals surface area contributed by atoms with Crippen LogP contribution in [-0.2, 0) is 4.79 Å². The Labute approximate surface area is 192 Å². The second kappa shape index (κ2) is 6.41. The summed E-state index contributed by atoms with van der Waals surface area (Å²) in [6, 6.07) is 0. The third kappa shape index (κ3) is 2.70. The highest BCUT2D eigenvalue weighted by molar-refractivity contribution is 5.82. The number of Topliss-reactive ketones (excluding diaryl/α,β-unsaturated/α-hetero) is 1. The highest BCUT2D eigenvalue weighted by atomic mass is 16.1. The standard InChI is InChI=1S/C30H50O/c1-20-21(31)9-10-22-27(20,5)12-11-23-28(22,6)16-18-30(8)24-19-25(2,3)13-14-26(24,4)15-17-29(23,30)7/h20,22-24H,9-19H2,1-8H3/t20?,22?,23?,24?,26?,27?,28?,29-,30?/m1/s1. The van der Waals surface area contributed by atoms with Crippen molar-refractivity contribution in [1.29, 1.82) is 0 Å². The molecule has 0 spiro atoms. The van der Waals surface area contributed by atoms with E-state index in [-0.39, 0.29) is 11.3 Å². The van der Waals surface area contributed by atoms with Gasteiger partial charge in [0.1, 0.15) is 5.78 Å². The summed E-state index contributed by atoms with van der Waals surface area (Å²) in [7, 11) is 0. The van der Waals surface area contributed by atoms with E-state index < -0.39 is 0 Å². The SMILES string of the molecule is CC1C(=O)CCC2C1(C)CCC1C2(C)CCC2(C)C3CC(C)(C)CCC3(C)CC[C@]12C. The van der Waals surface area contributed by atoms with Gasteiger partial charge in [-0.2, -0.15) is 0 Å². The number of carbonyl (C=O) groups excluding carboxylic acids is 1. The summed E-state index contributed by atoms with van der Waals surface area (Å²) in [5.41, 5.74) is 2.67. The highest BCUT2D eigenvalue weighted by Crippen LogP contribution is 2.78. The monoisotopic (exact) mass is 426 g/mol. The number of hydrogen-bond acceptors (Lipinski definition) is 1. The van der Waals surface area contributed by atoms with Crippen molar-refractivity contribution < 1.29 is 4.79 Å². The third-order valence-electron chi connectivity index (χ3n) is 13.7. The van der Waals surface area contributed by atoms with Crippen molar-refractivity contribution in [3.63, 3.8) is 0 Å². The Kier molecular flexibility index (Phi) is 4.65. The van der Waals surface area contributed by atoms with Crippen molar-refractivity contribution in [2.75, 3.05) is 0 Å². The lowest BCUT2D eigenvalue weighted by Crippen LogP contribution is -2.67. The number of rotatable bonds is 0. The minimum absolute atomic E-state index is 0.237. The minimum atomic E-state index is 0.237. The van der Waals surface area contributed by atoms with Crippen LogP contribution in [-0.4, -0.2) is 5.78 Å². The average Bonchev–Trinajstić information content (AvgIpc) is 2.69. The number of ketones is 1. The Bertz CT molecular complexity index is 781. The van der Waals surface area contributed by atoms with Gasteiger partial charge in [0.15, 0.2) is 0 Å². The van der Waals surface area contributed by atoms with Crippen molar-refractivity contribution in [1.82, 2.24) is 0 Å². The van der Waals surface area contributed by atoms with E-state index in [2.05, 4.69) is 55.4 Å². The van der Waals surface area contributed by atoms with Gasteiger partial charge in [-0.15, -0.1) is 0 Å². The Morgan fingerprint density at radius 2 is 1.26 bits per heavy atom. The molecule has 0 radical (unpaired) electrons. The van der Waals surface area contributed by atoms with Gasteiger partial charge < -0.3 is 0 Å². The molecule has 5 saturated carbocycles. The average molecular weight is 427 g/mol. The van der Waals surface area contributed by atoms with Crippen LogP contribution in [0.4, 0.5) is 0 Å². The van der Waals surface area contributed by atoms with Gasteiger partial charge in [-0.3, -0.25) is 4.79 Å². The van der Waals surface area contributed by atoms with Crippen molar-refractivity contribution in [2.24, 2.45) is 56.2 Å². The molecular weight excluding hydrogens is 376 g/mol. The van der Waals surface area contributed by atoms with Gasteiger partial charge in [0, 0.05) is 12.3 Å². The van der Waals surface area contributed by atoms with Crippen molar-refractivity contribution in [3.8, 4) is 0 Å². The van der Waals surface area contributed by atoms with Crippen molar-refractivity contribution in [3.05, 3.63) is 0 Å². The first-order chi connectivity index (χ1) is 14.2. The number of fused-ring (bicyclic) bond motifs is 7. The van der Waals surface area contributed by atoms with Crippen LogP contribution in [0.2, 0.25) is 0 Å². The summed E-state index contributed by atoms with van der Waals surface area (Å²) in [5.74, 6) is 3.27. The van der Waals surface area contributed by atoms with Gasteiger partial charge in [-0.1, -0.05) is 55.4 Å². The maximum atomic E-state index is 12.7. The van der Waals surface area contributed by atoms with E-state index in [1.54, 1.807) is 0 Å². The number of carbonyl (C=O) groups is 1. The predicted molar refractivity (Wildman–Crippen MR) is 130 cm³/mol. The van der Waals surface area contributed by atoms with Crippen LogP contribution in [0.1, 0.15) is 126 Å². The Hall–Kier alpha value is -0.330. The molecule has 5 fully saturated rings. The van der Waals surface area contributed by atoms with Crippen LogP contribution in [0.15, 0.2) is 0 Å². The zero-order valence-electron chi connectivity index (χ0n) is 22.0. The van der Waals surface area contributed by atoms with Gasteiger partial charge in [0.05, 0.1) is 0 Å². The van der Waals surface area contributed by atoms with E-state index in [1.807, 2.05) is 0 Å². The van der Waals surface area contributed by atoms with E-state index in [1.165, 1.54) is 57.8 Å². The smallest absolute Gasteiger partial charge is 0.136 e. The summed E-state index contributed by atoms with van der Waals surface area (Å²) in [5, 5.41) is 0. The summed E-state index contributed by atoms with van der Waals surface area (Å²) < 4.78 is 0. The van der Waals surface area contributed by atoms with Crippen LogP contribution in [0.5, 0.6) is 0 Å². The molecule has 0 aromatic rings. The topological polar surface area (TPSA) is 17.1 Å². The molecule has 0 aromatic carbocycles. The van der Waals surface area contributed by atoms with Crippen LogP contribution in [0.25, 0.3) is 0 Å². The molecule has 0 aliphatic heterocycles. The molecule has 1 nitrogen and oxygen atoms in total. The predicted octanol–water partition coefficient (Wildman–Crippen LogP) is 8.46. The molecule has 5 aliphatic carbocycles. The number of hydrogen-bond donors (Lipinski definition) is 0. The largest absolute Gasteiger partial charge is 0.299 e. The highest BCUT2D eigenvalue weighted by Gasteiger charge is 2.70. The Morgan fingerprint density at radius 1 is 0.645 bits per heavy atom. The lowest BCUT2D eigenvalue weighted by atomic mass is 9.30. The third-order valence-corrected chi connectivity index (χ3v) is 13.7. The summed E-state index contributed by atoms with van der Waals surface area (Å²) in [4.78, 5) is 12.7. The molecule has 5 aliphatic rings. The zero-order chi connectivity index (χ0) is 22.7. The maximum absolute atomic E-state index is 12.7. The lowest BCUT2D eigenvalue weighted by molar-refractivity contribution is -0.256. The fourth-order valence-electron chi connectivity index (χ4n) is 11.2. The molecule has 176 valence electrons. The van der Waals surface area contributed by atoms with Gasteiger partial charge in [0.25, 0.3) is 0 Å². The van der Waals surface area contributed by atoms with Crippen LogP contribution in [0, 0.1) is 56.2 Å². The van der Waals surface area contributed by atoms with E-state index in [9.17, 15) is 4.79 Å². The molecule has 31 heavy (non-hydrogen) atoms. The summed E-state index contributed by atoms with van der Waals surface area (Å²) in [6.07, 6.45) is 14.6. The van der Waals surface area contributed by atoms with Crippen LogP contribution < -0.4 is 0 Å². The van der Waals surface area contributed by atoms with E-state index >= 15 is 0 Å². The molecule has 0 saturated heterocycles. The lowest BCUT2D eigenvalue weighted by Gasteiger charge is -2.74. The Morgan fingerprint density at radius 3 is 1.97 bits per heavy atom. The zero-order valence-corrected chi connectivity index (χ0v) is 22.0. The second-order valence-corrected chi connectivity index (χ2v) is 15.3. The molecule has 0 amide bonds. The van der Waals surface area contributed by atoms with Gasteiger partial charge in [0.2, 0.25) is 0 Å². The molecule has 0 heterocycles. The van der Waals surface area contributed by atoms with Gasteiger partial charge in [-0.05, 0) is 114 Å². The van der Waals surface area contributed by atoms with Crippen LogP contribution in [0.3, 0.4) is 0 Å². The van der Waals surface area contributed by atoms with E-state index in [4.69, 9.17) is 0 Å². The summed E-state index contributed by atoms with van der Waals surface area (Å²) >= 11 is 0. The molecule has 1 heteroatoms. The maximum Gasteiger partial charge on any atom is 0.136 e. The fourth-order valence-corrected chi connectivity index (χ4v) is 11.2. The molecule has 5 rings (SSSR count). The Balaban J connectivity index is 1.55. The fraction of sp³-hybridized carbons (Fsp3) is 0.967. The molecule has 8 unspecified atom stereocenters. The van der Waals surface area contributed by atoms with Crippen molar-refractivity contribution >= 4 is 5.78 Å². The molecular formula is C30H50O. The van der Waals surface area contributed by atoms with Crippen LogP contribution >= 0.6 is 0 Å². The first-order valence-corrected chi connectivity index (χ1v) is 13.7. The first-order valence-electron chi connectivity index (χ1n) is 13.7. The second-order valence-electron chi connectivity index (χ2n) is 15.3. The first kappa shape index (κ1) is 22.5. The van der Waals surface area contributed by atoms with E-state index in [0.717, 1.165) is 30.6 Å². The van der Waals surface area contributed by atoms with Crippen molar-refractivity contribution in [2.45, 2.75) is 126 Å². The quantitative estimate of drug-likeness (QED) is 0.379. The minimum Gasteiger partial charge on any atom is -0.299 e. The molecule has 0 aromatic heterocycles. The molecule has 0 N–H and O–H groups in total. The van der Waals surface area contributed by atoms with Gasteiger partial charge >= 0.3 is 0 Å².